The number of benzene rings is 1. The second kappa shape index (κ2) is 4.74. The van der Waals surface area contributed by atoms with Crippen LogP contribution in [0.25, 0.3) is 5.57 Å². The van der Waals surface area contributed by atoms with Crippen molar-refractivity contribution in [1.82, 2.24) is 4.90 Å². The predicted octanol–water partition coefficient (Wildman–Crippen LogP) is 3.19. The van der Waals surface area contributed by atoms with E-state index in [1.54, 1.807) is 18.2 Å². The van der Waals surface area contributed by atoms with Gasteiger partial charge in [0, 0.05) is 6.54 Å². The summed E-state index contributed by atoms with van der Waals surface area (Å²) in [5.74, 6) is 0. The molecular weight excluding hydrogens is 299 g/mol. The van der Waals surface area contributed by atoms with Crippen LogP contribution in [-0.4, -0.2) is 39.5 Å². The highest BCUT2D eigenvalue weighted by molar-refractivity contribution is 5.84. The fourth-order valence-electron chi connectivity index (χ4n) is 3.50. The molecule has 2 N–H and O–H groups in total. The molecule has 1 aliphatic carbocycles. The van der Waals surface area contributed by atoms with Gasteiger partial charge in [0.2, 0.25) is 0 Å². The van der Waals surface area contributed by atoms with Crippen LogP contribution in [0, 0.1) is 0 Å². The number of fused-ring (bicyclic) bond motifs is 1. The van der Waals surface area contributed by atoms with Gasteiger partial charge in [-0.3, -0.25) is 4.90 Å². The van der Waals surface area contributed by atoms with Crippen molar-refractivity contribution in [3.05, 3.63) is 41.5 Å². The Hall–Kier alpha value is -2.02. The quantitative estimate of drug-likeness (QED) is 0.837. The highest BCUT2D eigenvalue weighted by atomic mass is 19.4. The van der Waals surface area contributed by atoms with Crippen LogP contribution in [0.15, 0.2) is 30.3 Å². The molecule has 118 valence electrons. The zero-order valence-corrected chi connectivity index (χ0v) is 11.5. The summed E-state index contributed by atoms with van der Waals surface area (Å²) in [6, 6.07) is 6.24. The molecule has 3 rings (SSSR count). The molecule has 1 fully saturated rings. The molecule has 22 heavy (non-hydrogen) atoms. The molecule has 2 aliphatic rings. The van der Waals surface area contributed by atoms with E-state index in [0.29, 0.717) is 10.5 Å². The highest BCUT2D eigenvalue weighted by Crippen LogP contribution is 2.54. The summed E-state index contributed by atoms with van der Waals surface area (Å²) in [7, 11) is 0. The van der Waals surface area contributed by atoms with E-state index in [9.17, 15) is 28.2 Å². The average molecular weight is 313 g/mol. The third-order valence-electron chi connectivity index (χ3n) is 4.42. The van der Waals surface area contributed by atoms with Gasteiger partial charge in [-0.1, -0.05) is 24.3 Å². The van der Waals surface area contributed by atoms with Crippen molar-refractivity contribution in [2.75, 3.05) is 6.54 Å². The van der Waals surface area contributed by atoms with E-state index in [-0.39, 0.29) is 30.5 Å². The van der Waals surface area contributed by atoms with E-state index >= 15 is 0 Å². The summed E-state index contributed by atoms with van der Waals surface area (Å²) < 4.78 is 41.6. The Bertz CT molecular complexity index is 656. The normalized spacial score (nSPS) is 27.7. The molecule has 2 unspecified atom stereocenters. The highest BCUT2D eigenvalue weighted by Gasteiger charge is 2.65. The third kappa shape index (κ3) is 1.85. The van der Waals surface area contributed by atoms with Crippen LogP contribution in [0.1, 0.15) is 30.1 Å². The van der Waals surface area contributed by atoms with Gasteiger partial charge in [0.1, 0.15) is 0 Å². The SMILES string of the molecule is O=C(O)N1CCCC1(C1=CC(O)c2ccccc21)C(F)(F)F. The first-order valence-corrected chi connectivity index (χ1v) is 6.86. The molecule has 0 radical (unpaired) electrons. The van der Waals surface area contributed by atoms with Crippen LogP contribution in [0.5, 0.6) is 0 Å². The standard InChI is InChI=1S/C15H14F3NO3/c16-15(17,18)14(6-3-7-19(14)13(21)22)11-8-12(20)10-5-2-1-4-9(10)11/h1-2,4-5,8,12,20H,3,6-7H2,(H,21,22). The van der Waals surface area contributed by atoms with Crippen molar-refractivity contribution in [2.24, 2.45) is 0 Å². The van der Waals surface area contributed by atoms with Crippen LogP contribution in [0.2, 0.25) is 0 Å². The zero-order valence-electron chi connectivity index (χ0n) is 11.5. The van der Waals surface area contributed by atoms with Crippen molar-refractivity contribution in [2.45, 2.75) is 30.7 Å². The molecule has 7 heteroatoms. The molecule has 1 aliphatic heterocycles. The number of nitrogens with zero attached hydrogens (tertiary/aromatic N) is 1. The van der Waals surface area contributed by atoms with E-state index in [0.717, 1.165) is 6.08 Å². The number of carbonyl (C=O) groups is 1. The van der Waals surface area contributed by atoms with Crippen molar-refractivity contribution in [1.29, 1.82) is 0 Å². The van der Waals surface area contributed by atoms with Gasteiger partial charge in [0.15, 0.2) is 5.54 Å². The Morgan fingerprint density at radius 1 is 1.32 bits per heavy atom. The minimum atomic E-state index is -4.76. The van der Waals surface area contributed by atoms with E-state index in [2.05, 4.69) is 0 Å². The van der Waals surface area contributed by atoms with E-state index in [1.165, 1.54) is 6.07 Å². The molecular formula is C15H14F3NO3. The Morgan fingerprint density at radius 3 is 2.64 bits per heavy atom. The zero-order chi connectivity index (χ0) is 16.1. The van der Waals surface area contributed by atoms with Crippen molar-refractivity contribution < 1.29 is 28.2 Å². The first kappa shape index (κ1) is 14.9. The van der Waals surface area contributed by atoms with Gasteiger partial charge in [-0.25, -0.2) is 4.79 Å². The number of likely N-dealkylation sites (tertiary alicyclic amines) is 1. The van der Waals surface area contributed by atoms with Gasteiger partial charge >= 0.3 is 12.3 Å². The summed E-state index contributed by atoms with van der Waals surface area (Å²) in [6.45, 7) is -0.176. The molecule has 1 heterocycles. The Kier molecular flexibility index (Phi) is 3.21. The lowest BCUT2D eigenvalue weighted by atomic mass is 9.83. The number of aliphatic hydroxyl groups excluding tert-OH is 1. The van der Waals surface area contributed by atoms with Crippen molar-refractivity contribution in [3.8, 4) is 0 Å². The largest absolute Gasteiger partial charge is 0.465 e. The molecule has 0 saturated carbocycles. The maximum absolute atomic E-state index is 13.9. The first-order chi connectivity index (χ1) is 10.3. The molecule has 0 aromatic heterocycles. The monoisotopic (exact) mass is 313 g/mol. The van der Waals surface area contributed by atoms with E-state index < -0.39 is 23.9 Å². The second-order valence-electron chi connectivity index (χ2n) is 5.51. The summed E-state index contributed by atoms with van der Waals surface area (Å²) in [5.41, 5.74) is -2.12. The van der Waals surface area contributed by atoms with Crippen LogP contribution >= 0.6 is 0 Å². The lowest BCUT2D eigenvalue weighted by Crippen LogP contribution is -2.57. The molecule has 1 aromatic carbocycles. The second-order valence-corrected chi connectivity index (χ2v) is 5.51. The summed E-state index contributed by atoms with van der Waals surface area (Å²) in [5, 5.41) is 19.2. The molecule has 1 saturated heterocycles. The number of aliphatic hydroxyl groups is 1. The van der Waals surface area contributed by atoms with E-state index in [1.807, 2.05) is 0 Å². The van der Waals surface area contributed by atoms with Crippen LogP contribution in [0.4, 0.5) is 18.0 Å². The fourth-order valence-corrected chi connectivity index (χ4v) is 3.50. The third-order valence-corrected chi connectivity index (χ3v) is 4.42. The molecule has 2 atom stereocenters. The molecule has 0 spiro atoms. The predicted molar refractivity (Wildman–Crippen MR) is 72.1 cm³/mol. The van der Waals surface area contributed by atoms with Gasteiger partial charge in [-0.15, -0.1) is 0 Å². The number of hydrogen-bond acceptors (Lipinski definition) is 2. The summed E-state index contributed by atoms with van der Waals surface area (Å²) in [4.78, 5) is 11.8. The fraction of sp³-hybridized carbons (Fsp3) is 0.400. The smallest absolute Gasteiger partial charge is 0.416 e. The number of rotatable bonds is 1. The van der Waals surface area contributed by atoms with Gasteiger partial charge in [0.05, 0.1) is 6.10 Å². The summed E-state index contributed by atoms with van der Waals surface area (Å²) in [6.07, 6.45) is -6.60. The van der Waals surface area contributed by atoms with Crippen LogP contribution in [0.3, 0.4) is 0 Å². The Morgan fingerprint density at radius 2 is 2.00 bits per heavy atom. The number of amides is 1. The van der Waals surface area contributed by atoms with Crippen molar-refractivity contribution in [3.63, 3.8) is 0 Å². The maximum Gasteiger partial charge on any atom is 0.416 e. The first-order valence-electron chi connectivity index (χ1n) is 6.86. The molecule has 4 nitrogen and oxygen atoms in total. The Labute approximate surface area is 124 Å². The van der Waals surface area contributed by atoms with Crippen molar-refractivity contribution >= 4 is 11.7 Å². The summed E-state index contributed by atoms with van der Waals surface area (Å²) >= 11 is 0. The van der Waals surface area contributed by atoms with Gasteiger partial charge < -0.3 is 10.2 Å². The molecule has 0 bridgehead atoms. The average Bonchev–Trinajstić information content (AvgIpc) is 3.01. The number of alkyl halides is 3. The minimum absolute atomic E-state index is 0.126. The van der Waals surface area contributed by atoms with Gasteiger partial charge in [-0.05, 0) is 35.6 Å². The number of halogens is 3. The molecule has 1 aromatic rings. The maximum atomic E-state index is 13.9. The molecule has 1 amide bonds. The van der Waals surface area contributed by atoms with Crippen LogP contribution in [-0.2, 0) is 0 Å². The van der Waals surface area contributed by atoms with Gasteiger partial charge in [-0.2, -0.15) is 13.2 Å². The number of hydrogen-bond donors (Lipinski definition) is 2. The number of carboxylic acid groups (broad SMARTS) is 1. The topological polar surface area (TPSA) is 60.8 Å². The minimum Gasteiger partial charge on any atom is -0.465 e. The lowest BCUT2D eigenvalue weighted by Gasteiger charge is -2.40. The Balaban J connectivity index is 2.22. The van der Waals surface area contributed by atoms with Crippen LogP contribution < -0.4 is 0 Å². The van der Waals surface area contributed by atoms with E-state index in [4.69, 9.17) is 0 Å². The lowest BCUT2D eigenvalue weighted by molar-refractivity contribution is -0.196. The van der Waals surface area contributed by atoms with Gasteiger partial charge in [0.25, 0.3) is 0 Å².